The van der Waals surface area contributed by atoms with Gasteiger partial charge in [0.2, 0.25) is 0 Å². The first-order chi connectivity index (χ1) is 33.1. The van der Waals surface area contributed by atoms with Crippen molar-refractivity contribution in [3.8, 4) is 0 Å². The van der Waals surface area contributed by atoms with Gasteiger partial charge in [-0.1, -0.05) is 88.8 Å². The average molecular weight is 982 g/mol. The van der Waals surface area contributed by atoms with Crippen molar-refractivity contribution < 1.29 is 28.7 Å². The molecule has 14 unspecified atom stereocenters. The van der Waals surface area contributed by atoms with Crippen LogP contribution in [0, 0.1) is 116 Å². The Hall–Kier alpha value is -2.74. The molecule has 10 rings (SSSR count). The minimum Gasteiger partial charge on any atom is -0.469 e. The van der Waals surface area contributed by atoms with Crippen LogP contribution in [0.15, 0.2) is 24.3 Å². The molecule has 1 heterocycles. The van der Waals surface area contributed by atoms with Crippen LogP contribution in [0.5, 0.6) is 0 Å². The Balaban J connectivity index is 0.000000196. The summed E-state index contributed by atoms with van der Waals surface area (Å²) in [6.45, 7) is 25.4. The minimum absolute atomic E-state index is 0. The van der Waals surface area contributed by atoms with Crippen LogP contribution in [0.1, 0.15) is 213 Å². The molecule has 1 aromatic carbocycles. The fourth-order valence-corrected chi connectivity index (χ4v) is 21.0. The van der Waals surface area contributed by atoms with Gasteiger partial charge in [-0.25, -0.2) is 0 Å². The van der Waals surface area contributed by atoms with Crippen molar-refractivity contribution in [1.29, 1.82) is 0 Å². The summed E-state index contributed by atoms with van der Waals surface area (Å²) in [6, 6.07) is 7.79. The fraction of sp³-hybridized carbons (Fsp3) is 0.841. The predicted molar refractivity (Wildman–Crippen MR) is 285 cm³/mol. The molecule has 0 spiro atoms. The largest absolute Gasteiger partial charge is 0.469 e. The Morgan fingerprint density at radius 2 is 1.04 bits per heavy atom. The minimum atomic E-state index is -0.0868. The van der Waals surface area contributed by atoms with Crippen LogP contribution >= 0.6 is 0 Å². The fourth-order valence-electron chi connectivity index (χ4n) is 21.0. The van der Waals surface area contributed by atoms with Gasteiger partial charge >= 0.3 is 11.9 Å². The first-order valence-corrected chi connectivity index (χ1v) is 29.0. The summed E-state index contributed by atoms with van der Waals surface area (Å²) in [4.78, 5) is 51.9. The third-order valence-electron chi connectivity index (χ3n) is 25.0. The second kappa shape index (κ2) is 20.4. The number of hydrogen-bond acceptors (Lipinski definition) is 7. The molecule has 0 radical (unpaired) electrons. The topological polar surface area (TPSA) is 116 Å². The third-order valence-corrected chi connectivity index (χ3v) is 25.0. The second-order valence-corrected chi connectivity index (χ2v) is 27.5. The van der Waals surface area contributed by atoms with E-state index in [1.165, 1.54) is 84.8 Å². The molecule has 1 aliphatic heterocycles. The molecule has 1 aromatic rings. The summed E-state index contributed by atoms with van der Waals surface area (Å²) in [7, 11) is 3.01. The Kier molecular flexibility index (Phi) is 15.7. The quantitative estimate of drug-likeness (QED) is 0.193. The molecule has 22 atom stereocenters. The number of amides is 2. The zero-order valence-corrected chi connectivity index (χ0v) is 45.9. The Morgan fingerprint density at radius 3 is 1.48 bits per heavy atom. The monoisotopic (exact) mass is 981 g/mol. The van der Waals surface area contributed by atoms with E-state index in [0.717, 1.165) is 85.4 Å². The van der Waals surface area contributed by atoms with E-state index in [2.05, 4.69) is 69.2 Å². The van der Waals surface area contributed by atoms with E-state index in [-0.39, 0.29) is 42.6 Å². The van der Waals surface area contributed by atoms with Gasteiger partial charge in [0.1, 0.15) is 0 Å². The van der Waals surface area contributed by atoms with Crippen LogP contribution in [0.2, 0.25) is 0 Å². The highest BCUT2D eigenvalue weighted by Gasteiger charge is 2.66. The number of nitrogens with two attached hydrogens (primary N) is 1. The SMILES string of the molecule is C.COC(=O)CCC(C)[C@H]1CCC2C3C(C)CC4CC(N)CC[C@]4(C)C3C[C@H](C)[C@@]21C.COC(=O)CCC(C)[C@H]1CCC2C3C(C)CC4CC(N5C(=O)c6ccccc6C5=O)CC[C@]4(C)C3C[C@H](C)[C@@]21C. The smallest absolute Gasteiger partial charge is 0.305 e. The Labute approximate surface area is 431 Å². The van der Waals surface area contributed by atoms with Gasteiger partial charge in [0.25, 0.3) is 11.8 Å². The number of rotatable bonds is 9. The van der Waals surface area contributed by atoms with Gasteiger partial charge in [-0.15, -0.1) is 0 Å². The van der Waals surface area contributed by atoms with Crippen molar-refractivity contribution in [3.05, 3.63) is 35.4 Å². The van der Waals surface area contributed by atoms with E-state index in [1.54, 1.807) is 17.0 Å². The zero-order valence-electron chi connectivity index (χ0n) is 45.9. The second-order valence-electron chi connectivity index (χ2n) is 27.5. The highest BCUT2D eigenvalue weighted by Crippen LogP contribution is 2.73. The third kappa shape index (κ3) is 8.82. The van der Waals surface area contributed by atoms with E-state index in [4.69, 9.17) is 15.2 Å². The van der Waals surface area contributed by atoms with Crippen molar-refractivity contribution in [2.45, 2.75) is 204 Å². The first-order valence-electron chi connectivity index (χ1n) is 29.0. The van der Waals surface area contributed by atoms with Crippen LogP contribution in [-0.2, 0) is 19.1 Å². The number of imide groups is 1. The number of esters is 2. The molecule has 2 amide bonds. The van der Waals surface area contributed by atoms with Gasteiger partial charge < -0.3 is 15.2 Å². The number of fused-ring (bicyclic) bond motifs is 11. The number of benzene rings is 1. The molecular weight excluding hydrogens is 881 g/mol. The maximum Gasteiger partial charge on any atom is 0.305 e. The molecule has 8 fully saturated rings. The van der Waals surface area contributed by atoms with Gasteiger partial charge in [-0.3, -0.25) is 24.1 Å². The lowest BCUT2D eigenvalue weighted by molar-refractivity contribution is -0.163. The van der Waals surface area contributed by atoms with Gasteiger partial charge in [0.05, 0.1) is 25.3 Å². The predicted octanol–water partition coefficient (Wildman–Crippen LogP) is 14.1. The average Bonchev–Trinajstić information content (AvgIpc) is 3.97. The number of carbonyl (C=O) groups is 4. The summed E-state index contributed by atoms with van der Waals surface area (Å²) in [5.74, 6) is 11.4. The Morgan fingerprint density at radius 1 is 0.620 bits per heavy atom. The summed E-state index contributed by atoms with van der Waals surface area (Å²) in [6.07, 6.45) is 20.5. The van der Waals surface area contributed by atoms with E-state index < -0.39 is 0 Å². The number of carbonyl (C=O) groups excluding carboxylic acids is 4. The molecule has 71 heavy (non-hydrogen) atoms. The summed E-state index contributed by atoms with van der Waals surface area (Å²) < 4.78 is 9.87. The summed E-state index contributed by atoms with van der Waals surface area (Å²) >= 11 is 0. The van der Waals surface area contributed by atoms with Gasteiger partial charge in [0, 0.05) is 24.9 Å². The molecule has 398 valence electrons. The van der Waals surface area contributed by atoms with Crippen LogP contribution in [0.4, 0.5) is 0 Å². The lowest BCUT2D eigenvalue weighted by Gasteiger charge is -2.65. The lowest BCUT2D eigenvalue weighted by atomic mass is 9.40. The number of nitrogens with zero attached hydrogens (tertiary/aromatic N) is 1. The van der Waals surface area contributed by atoms with Crippen LogP contribution in [0.25, 0.3) is 0 Å². The molecule has 0 saturated heterocycles. The van der Waals surface area contributed by atoms with Crippen LogP contribution in [0.3, 0.4) is 0 Å². The molecule has 2 N–H and O–H groups in total. The van der Waals surface area contributed by atoms with Crippen LogP contribution < -0.4 is 5.73 Å². The first kappa shape index (κ1) is 54.5. The standard InChI is InChI=1S/C35H49NO4.C27H47NO2.CH4/c1-20(11-14-30(37)40-6)27-12-13-28-31-21(2)17-23-19-24(36-32(38)25-9-7-8-10-26(25)33(36)39)15-16-34(23,4)29(31)18-22(3)35(27,28)5;1-16(7-10-24(29)30-6)21-8-9-22-25-17(2)13-19-15-20(28)11-12-26(19,4)23(25)14-18(3)27(21,22)5;/h7-10,20-24,27-29,31H,11-19H2,1-6H3;16-23,25H,7-15,28H2,1-6H3;1H4/t20?,21?,22-,23?,24?,27+,28?,29?,31?,34-,35+;16?,17?,18-,19?,20?,21+,22?,23?,25?,26-,27+;/m00./s1. The molecule has 9 aliphatic rings. The van der Waals surface area contributed by atoms with Crippen molar-refractivity contribution >= 4 is 23.8 Å². The van der Waals surface area contributed by atoms with Crippen molar-refractivity contribution in [3.63, 3.8) is 0 Å². The molecule has 0 bridgehead atoms. The maximum atomic E-state index is 13.3. The van der Waals surface area contributed by atoms with Crippen molar-refractivity contribution in [2.75, 3.05) is 14.2 Å². The van der Waals surface area contributed by atoms with E-state index in [9.17, 15) is 19.2 Å². The van der Waals surface area contributed by atoms with E-state index in [0.29, 0.717) is 87.7 Å². The van der Waals surface area contributed by atoms with Gasteiger partial charge in [-0.05, 0) is 231 Å². The van der Waals surface area contributed by atoms with Crippen molar-refractivity contribution in [2.24, 2.45) is 122 Å². The number of ether oxygens (including phenoxy) is 2. The summed E-state index contributed by atoms with van der Waals surface area (Å²) in [5, 5.41) is 0. The summed E-state index contributed by atoms with van der Waals surface area (Å²) in [5.41, 5.74) is 9.12. The molecule has 8 nitrogen and oxygen atoms in total. The highest BCUT2D eigenvalue weighted by molar-refractivity contribution is 6.21. The number of hydrogen-bond donors (Lipinski definition) is 1. The molecular formula is C63H100N2O6. The highest BCUT2D eigenvalue weighted by atomic mass is 16.5. The van der Waals surface area contributed by atoms with E-state index in [1.807, 2.05) is 12.1 Å². The normalized spacial score (nSPS) is 46.0. The molecule has 8 heteroatoms. The van der Waals surface area contributed by atoms with Gasteiger partial charge in [-0.2, -0.15) is 0 Å². The van der Waals surface area contributed by atoms with Crippen LogP contribution in [-0.4, -0.2) is 55.0 Å². The van der Waals surface area contributed by atoms with Crippen molar-refractivity contribution in [1.82, 2.24) is 4.90 Å². The zero-order chi connectivity index (χ0) is 50.4. The van der Waals surface area contributed by atoms with Gasteiger partial charge in [0.15, 0.2) is 0 Å². The van der Waals surface area contributed by atoms with E-state index >= 15 is 0 Å². The molecule has 8 aliphatic carbocycles. The maximum absolute atomic E-state index is 13.3. The molecule has 0 aromatic heterocycles. The number of methoxy groups -OCH3 is 2. The Bertz CT molecular complexity index is 2090. The molecule has 8 saturated carbocycles. The lowest BCUT2D eigenvalue weighted by Crippen LogP contribution is -2.60.